The molecule has 0 N–H and O–H groups in total. The van der Waals surface area contributed by atoms with E-state index < -0.39 is 3.79 Å². The minimum absolute atomic E-state index is 0.376. The molecule has 0 heterocycles. The lowest BCUT2D eigenvalue weighted by Gasteiger charge is -2.25. The van der Waals surface area contributed by atoms with Crippen molar-refractivity contribution in [3.8, 4) is 11.5 Å². The third-order valence-corrected chi connectivity index (χ3v) is 4.03. The molecule has 0 aliphatic carbocycles. The van der Waals surface area contributed by atoms with Gasteiger partial charge in [0.15, 0.2) is 0 Å². The SMILES string of the molecule is CCOc1ccc(C(c2ccc(OCC)cc2)C(Cl)(Cl)Cl)cc1. The summed E-state index contributed by atoms with van der Waals surface area (Å²) in [6, 6.07) is 15.2. The molecular formula is C18H19Cl3O2. The van der Waals surface area contributed by atoms with Crippen LogP contribution in [-0.4, -0.2) is 17.0 Å². The maximum atomic E-state index is 6.24. The van der Waals surface area contributed by atoms with Crippen LogP contribution < -0.4 is 9.47 Å². The Kier molecular flexibility index (Phi) is 6.46. The molecule has 2 nitrogen and oxygen atoms in total. The van der Waals surface area contributed by atoms with Crippen molar-refractivity contribution in [2.45, 2.75) is 23.6 Å². The largest absolute Gasteiger partial charge is 0.494 e. The Labute approximate surface area is 152 Å². The first-order valence-electron chi connectivity index (χ1n) is 7.48. The summed E-state index contributed by atoms with van der Waals surface area (Å²) in [5.41, 5.74) is 1.83. The number of ether oxygens (including phenoxy) is 2. The van der Waals surface area contributed by atoms with E-state index in [1.54, 1.807) is 0 Å². The molecule has 2 aromatic carbocycles. The Morgan fingerprint density at radius 3 is 1.35 bits per heavy atom. The molecule has 0 radical (unpaired) electrons. The predicted octanol–water partition coefficient (Wildman–Crippen LogP) is 5.99. The quantitative estimate of drug-likeness (QED) is 0.579. The lowest BCUT2D eigenvalue weighted by Crippen LogP contribution is -2.18. The summed E-state index contributed by atoms with van der Waals surface area (Å²) in [5.74, 6) is 1.22. The van der Waals surface area contributed by atoms with Gasteiger partial charge in [0.25, 0.3) is 0 Å². The van der Waals surface area contributed by atoms with Gasteiger partial charge in [-0.15, -0.1) is 0 Å². The van der Waals surface area contributed by atoms with Gasteiger partial charge in [0.05, 0.1) is 19.1 Å². The number of rotatable bonds is 6. The van der Waals surface area contributed by atoms with Crippen molar-refractivity contribution in [3.05, 3.63) is 59.7 Å². The lowest BCUT2D eigenvalue weighted by molar-refractivity contribution is 0.340. The molecule has 23 heavy (non-hydrogen) atoms. The van der Waals surface area contributed by atoms with Crippen molar-refractivity contribution in [2.24, 2.45) is 0 Å². The fourth-order valence-electron chi connectivity index (χ4n) is 2.42. The summed E-state index contributed by atoms with van der Waals surface area (Å²) < 4.78 is 9.46. The first kappa shape index (κ1) is 18.3. The van der Waals surface area contributed by atoms with Crippen LogP contribution in [0.5, 0.6) is 11.5 Å². The van der Waals surface area contributed by atoms with Crippen LogP contribution in [0.4, 0.5) is 0 Å². The van der Waals surface area contributed by atoms with Gasteiger partial charge in [-0.05, 0) is 49.2 Å². The van der Waals surface area contributed by atoms with E-state index in [-0.39, 0.29) is 5.92 Å². The van der Waals surface area contributed by atoms with E-state index in [4.69, 9.17) is 44.3 Å². The second-order valence-electron chi connectivity index (χ2n) is 4.98. The summed E-state index contributed by atoms with van der Waals surface area (Å²) in [5, 5.41) is 0. The highest BCUT2D eigenvalue weighted by Gasteiger charge is 2.35. The van der Waals surface area contributed by atoms with Crippen LogP contribution >= 0.6 is 34.8 Å². The molecular weight excluding hydrogens is 355 g/mol. The predicted molar refractivity (Wildman–Crippen MR) is 97.4 cm³/mol. The van der Waals surface area contributed by atoms with Crippen LogP contribution in [0, 0.1) is 0 Å². The van der Waals surface area contributed by atoms with Gasteiger partial charge in [-0.25, -0.2) is 0 Å². The molecule has 0 amide bonds. The van der Waals surface area contributed by atoms with E-state index >= 15 is 0 Å². The highest BCUT2D eigenvalue weighted by molar-refractivity contribution is 6.68. The normalized spacial score (nSPS) is 11.6. The average Bonchev–Trinajstić information content (AvgIpc) is 2.50. The molecule has 0 aliphatic heterocycles. The van der Waals surface area contributed by atoms with Crippen LogP contribution in [0.3, 0.4) is 0 Å². The van der Waals surface area contributed by atoms with Crippen molar-refractivity contribution < 1.29 is 9.47 Å². The number of alkyl halides is 3. The molecule has 0 bridgehead atoms. The molecule has 0 spiro atoms. The standard InChI is InChI=1S/C18H19Cl3O2/c1-3-22-15-9-5-13(6-10-15)17(18(19,20)21)14-7-11-16(12-8-14)23-4-2/h5-12,17H,3-4H2,1-2H3. The van der Waals surface area contributed by atoms with E-state index in [0.717, 1.165) is 22.6 Å². The third-order valence-electron chi connectivity index (χ3n) is 3.38. The lowest BCUT2D eigenvalue weighted by atomic mass is 9.92. The molecule has 2 aromatic rings. The van der Waals surface area contributed by atoms with Gasteiger partial charge in [0, 0.05) is 0 Å². The molecule has 2 rings (SSSR count). The fraction of sp³-hybridized carbons (Fsp3) is 0.333. The number of hydrogen-bond donors (Lipinski definition) is 0. The van der Waals surface area contributed by atoms with Crippen molar-refractivity contribution in [2.75, 3.05) is 13.2 Å². The van der Waals surface area contributed by atoms with Gasteiger partial charge in [0.2, 0.25) is 3.79 Å². The highest BCUT2D eigenvalue weighted by Crippen LogP contribution is 2.46. The topological polar surface area (TPSA) is 18.5 Å². The van der Waals surface area contributed by atoms with Gasteiger partial charge in [-0.1, -0.05) is 59.1 Å². The van der Waals surface area contributed by atoms with Crippen molar-refractivity contribution in [1.29, 1.82) is 0 Å². The summed E-state index contributed by atoms with van der Waals surface area (Å²) in [7, 11) is 0. The Morgan fingerprint density at radius 2 is 1.09 bits per heavy atom. The third kappa shape index (κ3) is 4.94. The van der Waals surface area contributed by atoms with Crippen molar-refractivity contribution >= 4 is 34.8 Å². The van der Waals surface area contributed by atoms with Crippen LogP contribution in [0.1, 0.15) is 30.9 Å². The molecule has 0 saturated heterocycles. The maximum Gasteiger partial charge on any atom is 0.201 e. The first-order chi connectivity index (χ1) is 11.0. The van der Waals surface area contributed by atoms with Crippen molar-refractivity contribution in [3.63, 3.8) is 0 Å². The molecule has 0 atom stereocenters. The van der Waals surface area contributed by atoms with E-state index in [1.807, 2.05) is 62.4 Å². The monoisotopic (exact) mass is 372 g/mol. The zero-order valence-corrected chi connectivity index (χ0v) is 15.3. The highest BCUT2D eigenvalue weighted by atomic mass is 35.6. The van der Waals surface area contributed by atoms with Gasteiger partial charge >= 0.3 is 0 Å². The van der Waals surface area contributed by atoms with Crippen LogP contribution in [0.2, 0.25) is 0 Å². The number of benzene rings is 2. The summed E-state index contributed by atoms with van der Waals surface area (Å²) >= 11 is 18.7. The van der Waals surface area contributed by atoms with E-state index in [2.05, 4.69) is 0 Å². The summed E-state index contributed by atoms with van der Waals surface area (Å²) in [6.07, 6.45) is 0. The Balaban J connectivity index is 2.33. The second-order valence-corrected chi connectivity index (χ2v) is 7.35. The van der Waals surface area contributed by atoms with Gasteiger partial charge in [-0.3, -0.25) is 0 Å². The Bertz CT molecular complexity index is 554. The average molecular weight is 374 g/mol. The van der Waals surface area contributed by atoms with Crippen LogP contribution in [0.15, 0.2) is 48.5 Å². The van der Waals surface area contributed by atoms with Crippen LogP contribution in [-0.2, 0) is 0 Å². The summed E-state index contributed by atoms with van der Waals surface area (Å²) in [6.45, 7) is 5.12. The first-order valence-corrected chi connectivity index (χ1v) is 8.61. The zero-order valence-electron chi connectivity index (χ0n) is 13.1. The Morgan fingerprint density at radius 1 is 0.739 bits per heavy atom. The zero-order chi connectivity index (χ0) is 16.9. The smallest absolute Gasteiger partial charge is 0.201 e. The summed E-state index contributed by atoms with van der Waals surface area (Å²) in [4.78, 5) is 0. The second kappa shape index (κ2) is 8.14. The molecule has 0 aromatic heterocycles. The van der Waals surface area contributed by atoms with Gasteiger partial charge < -0.3 is 9.47 Å². The maximum absolute atomic E-state index is 6.24. The molecule has 0 unspecified atom stereocenters. The van der Waals surface area contributed by atoms with Gasteiger partial charge in [0.1, 0.15) is 11.5 Å². The Hall–Kier alpha value is -1.09. The molecule has 0 saturated carbocycles. The molecule has 124 valence electrons. The van der Waals surface area contributed by atoms with E-state index in [9.17, 15) is 0 Å². The molecule has 0 aliphatic rings. The van der Waals surface area contributed by atoms with Crippen LogP contribution in [0.25, 0.3) is 0 Å². The number of halogens is 3. The molecule has 0 fully saturated rings. The van der Waals surface area contributed by atoms with Crippen molar-refractivity contribution in [1.82, 2.24) is 0 Å². The van der Waals surface area contributed by atoms with Gasteiger partial charge in [-0.2, -0.15) is 0 Å². The minimum Gasteiger partial charge on any atom is -0.494 e. The van der Waals surface area contributed by atoms with E-state index in [0.29, 0.717) is 13.2 Å². The van der Waals surface area contributed by atoms with E-state index in [1.165, 1.54) is 0 Å². The minimum atomic E-state index is -1.46. The fourth-order valence-corrected chi connectivity index (χ4v) is 3.17. The molecule has 5 heteroatoms. The number of hydrogen-bond acceptors (Lipinski definition) is 2.